The van der Waals surface area contributed by atoms with E-state index in [-0.39, 0.29) is 0 Å². The van der Waals surface area contributed by atoms with Crippen molar-refractivity contribution < 1.29 is 9.47 Å². The Kier molecular flexibility index (Phi) is 4.61. The van der Waals surface area contributed by atoms with E-state index in [1.54, 1.807) is 0 Å². The largest absolute Gasteiger partial charge is 0.452 e. The lowest BCUT2D eigenvalue weighted by molar-refractivity contribution is -0.127. The Hall–Kier alpha value is -1.00. The first-order valence-electron chi connectivity index (χ1n) is 8.63. The van der Waals surface area contributed by atoms with Gasteiger partial charge in [0.15, 0.2) is 0 Å². The number of halogens is 2. The van der Waals surface area contributed by atoms with Crippen molar-refractivity contribution in [3.05, 3.63) is 45.3 Å². The zero-order valence-corrected chi connectivity index (χ0v) is 16.7. The molecular formula is C20H20Br2O2. The minimum atomic E-state index is -0.540. The first-order valence-corrected chi connectivity index (χ1v) is 10.2. The van der Waals surface area contributed by atoms with Gasteiger partial charge in [-0.05, 0) is 49.2 Å². The lowest BCUT2D eigenvalue weighted by Crippen LogP contribution is -2.42. The highest BCUT2D eigenvalue weighted by Gasteiger charge is 2.38. The van der Waals surface area contributed by atoms with Crippen LogP contribution in [-0.2, 0) is 0 Å². The van der Waals surface area contributed by atoms with Crippen molar-refractivity contribution >= 4 is 31.9 Å². The van der Waals surface area contributed by atoms with Gasteiger partial charge in [0, 0.05) is 32.9 Å². The van der Waals surface area contributed by atoms with Crippen molar-refractivity contribution in [3.8, 4) is 22.6 Å². The van der Waals surface area contributed by atoms with Gasteiger partial charge in [-0.15, -0.1) is 0 Å². The van der Waals surface area contributed by atoms with Gasteiger partial charge in [-0.2, -0.15) is 0 Å². The van der Waals surface area contributed by atoms with Gasteiger partial charge in [0.25, 0.3) is 5.79 Å². The number of fused-ring (bicyclic) bond motifs is 3. The molecule has 4 rings (SSSR count). The number of benzene rings is 2. The monoisotopic (exact) mass is 450 g/mol. The van der Waals surface area contributed by atoms with E-state index in [4.69, 9.17) is 9.47 Å². The molecule has 0 amide bonds. The minimum absolute atomic E-state index is 0.540. The molecule has 1 spiro atoms. The van der Waals surface area contributed by atoms with Crippen LogP contribution in [0.4, 0.5) is 0 Å². The van der Waals surface area contributed by atoms with Crippen LogP contribution in [0.2, 0.25) is 0 Å². The molecule has 2 aromatic carbocycles. The van der Waals surface area contributed by atoms with Gasteiger partial charge in [0.2, 0.25) is 0 Å². The van der Waals surface area contributed by atoms with Crippen LogP contribution in [0.3, 0.4) is 0 Å². The predicted octanol–water partition coefficient (Wildman–Crippen LogP) is 7.09. The molecule has 0 aromatic heterocycles. The fraction of sp³-hybridized carbons (Fsp3) is 0.400. The molecule has 0 N–H and O–H groups in total. The highest BCUT2D eigenvalue weighted by Crippen LogP contribution is 2.47. The van der Waals surface area contributed by atoms with Gasteiger partial charge in [-0.1, -0.05) is 51.1 Å². The third kappa shape index (κ3) is 3.23. The number of ether oxygens (including phenoxy) is 2. The summed E-state index contributed by atoms with van der Waals surface area (Å²) in [6, 6.07) is 12.4. The summed E-state index contributed by atoms with van der Waals surface area (Å²) in [6.07, 6.45) is 8.03. The Morgan fingerprint density at radius 3 is 1.62 bits per heavy atom. The highest BCUT2D eigenvalue weighted by molar-refractivity contribution is 9.10. The Labute approximate surface area is 159 Å². The lowest BCUT2D eigenvalue weighted by atomic mass is 9.95. The Bertz CT molecular complexity index is 694. The molecule has 0 unspecified atom stereocenters. The van der Waals surface area contributed by atoms with E-state index in [1.807, 2.05) is 12.1 Å². The maximum Gasteiger partial charge on any atom is 0.251 e. The van der Waals surface area contributed by atoms with Crippen LogP contribution >= 0.6 is 31.9 Å². The molecule has 1 saturated carbocycles. The van der Waals surface area contributed by atoms with E-state index < -0.39 is 5.79 Å². The topological polar surface area (TPSA) is 18.5 Å². The molecular weight excluding hydrogens is 432 g/mol. The number of hydrogen-bond acceptors (Lipinski definition) is 2. The van der Waals surface area contributed by atoms with E-state index in [0.29, 0.717) is 0 Å². The first-order chi connectivity index (χ1) is 11.7. The highest BCUT2D eigenvalue weighted by atomic mass is 79.9. The molecule has 2 aromatic rings. The smallest absolute Gasteiger partial charge is 0.251 e. The quantitative estimate of drug-likeness (QED) is 0.425. The van der Waals surface area contributed by atoms with Gasteiger partial charge in [-0.3, -0.25) is 0 Å². The van der Waals surface area contributed by atoms with Gasteiger partial charge < -0.3 is 9.47 Å². The first kappa shape index (κ1) is 16.5. The maximum atomic E-state index is 6.54. The molecule has 0 radical (unpaired) electrons. The maximum absolute atomic E-state index is 6.54. The summed E-state index contributed by atoms with van der Waals surface area (Å²) in [5.41, 5.74) is 2.17. The summed E-state index contributed by atoms with van der Waals surface area (Å²) in [5.74, 6) is 1.29. The van der Waals surface area contributed by atoms with Crippen LogP contribution in [0.1, 0.15) is 44.9 Å². The molecule has 4 heteroatoms. The molecule has 0 atom stereocenters. The Morgan fingerprint density at radius 1 is 0.667 bits per heavy atom. The summed E-state index contributed by atoms with van der Waals surface area (Å²) in [6.45, 7) is 0. The molecule has 1 aliphatic heterocycles. The Morgan fingerprint density at radius 2 is 1.12 bits per heavy atom. The summed E-state index contributed by atoms with van der Waals surface area (Å²) >= 11 is 7.18. The number of hydrogen-bond donors (Lipinski definition) is 0. The molecule has 1 heterocycles. The molecule has 0 saturated heterocycles. The second-order valence-electron chi connectivity index (χ2n) is 6.66. The molecule has 1 aliphatic carbocycles. The summed E-state index contributed by atoms with van der Waals surface area (Å²) in [7, 11) is 0. The van der Waals surface area contributed by atoms with Crippen molar-refractivity contribution in [3.63, 3.8) is 0 Å². The van der Waals surface area contributed by atoms with Crippen molar-refractivity contribution in [2.45, 2.75) is 50.7 Å². The second kappa shape index (κ2) is 6.72. The van der Waals surface area contributed by atoms with Gasteiger partial charge in [-0.25, -0.2) is 0 Å². The molecule has 2 aliphatic rings. The summed E-state index contributed by atoms with van der Waals surface area (Å²) < 4.78 is 15.2. The zero-order valence-electron chi connectivity index (χ0n) is 13.5. The summed E-state index contributed by atoms with van der Waals surface area (Å²) in [5, 5.41) is 0. The van der Waals surface area contributed by atoms with Crippen molar-refractivity contribution in [2.24, 2.45) is 0 Å². The molecule has 24 heavy (non-hydrogen) atoms. The summed E-state index contributed by atoms with van der Waals surface area (Å²) in [4.78, 5) is 0. The normalized spacial score (nSPS) is 19.1. The number of rotatable bonds is 0. The van der Waals surface area contributed by atoms with E-state index in [2.05, 4.69) is 56.1 Å². The van der Waals surface area contributed by atoms with Crippen LogP contribution in [-0.4, -0.2) is 5.79 Å². The average Bonchev–Trinajstić information content (AvgIpc) is 2.67. The van der Waals surface area contributed by atoms with Crippen molar-refractivity contribution in [1.29, 1.82) is 0 Å². The molecule has 1 fully saturated rings. The van der Waals surface area contributed by atoms with Crippen LogP contribution < -0.4 is 9.47 Å². The molecule has 126 valence electrons. The van der Waals surface area contributed by atoms with E-state index >= 15 is 0 Å². The van der Waals surface area contributed by atoms with E-state index in [0.717, 1.165) is 57.3 Å². The standard InChI is InChI=1S/C20H20Br2O2/c21-14-6-8-18-16(12-14)17-13-15(22)7-9-19(17)24-20(23-18)10-4-2-1-3-5-11-20/h6-9,12-13H,1-5,10-11H2. The third-order valence-electron chi connectivity index (χ3n) is 4.88. The fourth-order valence-corrected chi connectivity index (χ4v) is 4.40. The average molecular weight is 452 g/mol. The van der Waals surface area contributed by atoms with Crippen LogP contribution in [0.5, 0.6) is 11.5 Å². The zero-order chi connectivity index (χ0) is 16.6. The van der Waals surface area contributed by atoms with Crippen LogP contribution in [0, 0.1) is 0 Å². The van der Waals surface area contributed by atoms with Crippen LogP contribution in [0.25, 0.3) is 11.1 Å². The minimum Gasteiger partial charge on any atom is -0.452 e. The van der Waals surface area contributed by atoms with E-state index in [9.17, 15) is 0 Å². The van der Waals surface area contributed by atoms with Crippen LogP contribution in [0.15, 0.2) is 45.3 Å². The van der Waals surface area contributed by atoms with Crippen molar-refractivity contribution in [2.75, 3.05) is 0 Å². The second-order valence-corrected chi connectivity index (χ2v) is 8.49. The van der Waals surface area contributed by atoms with Crippen molar-refractivity contribution in [1.82, 2.24) is 0 Å². The van der Waals surface area contributed by atoms with Gasteiger partial charge in [0.05, 0.1) is 0 Å². The molecule has 2 nitrogen and oxygen atoms in total. The van der Waals surface area contributed by atoms with Gasteiger partial charge >= 0.3 is 0 Å². The third-order valence-corrected chi connectivity index (χ3v) is 5.87. The molecule has 0 bridgehead atoms. The lowest BCUT2D eigenvalue weighted by Gasteiger charge is -2.35. The predicted molar refractivity (Wildman–Crippen MR) is 104 cm³/mol. The fourth-order valence-electron chi connectivity index (χ4n) is 3.67. The van der Waals surface area contributed by atoms with E-state index in [1.165, 1.54) is 19.3 Å². The SMILES string of the molecule is Brc1ccc2c(c1)-c1cc(Br)ccc1OC1(CCCCCCC1)O2. The van der Waals surface area contributed by atoms with Gasteiger partial charge in [0.1, 0.15) is 11.5 Å². The Balaban J connectivity index is 1.85.